The summed E-state index contributed by atoms with van der Waals surface area (Å²) in [5.41, 5.74) is 1.11. The van der Waals surface area contributed by atoms with E-state index >= 15 is 0 Å². The summed E-state index contributed by atoms with van der Waals surface area (Å²) in [4.78, 5) is 14.2. The van der Waals surface area contributed by atoms with Gasteiger partial charge in [-0.15, -0.1) is 0 Å². The Morgan fingerprint density at radius 3 is 2.70 bits per heavy atom. The molecule has 4 nitrogen and oxygen atoms in total. The summed E-state index contributed by atoms with van der Waals surface area (Å²) in [5.74, 6) is 0.842. The third kappa shape index (κ3) is 3.27. The summed E-state index contributed by atoms with van der Waals surface area (Å²) < 4.78 is 10.5. The number of hydrogen-bond donors (Lipinski definition) is 0. The first-order valence-electron chi connectivity index (χ1n) is 7.49. The van der Waals surface area contributed by atoms with E-state index in [4.69, 9.17) is 9.15 Å². The normalized spacial score (nSPS) is 10.9. The molecule has 0 aliphatic rings. The Bertz CT molecular complexity index is 817. The van der Waals surface area contributed by atoms with Crippen molar-refractivity contribution in [2.45, 2.75) is 13.2 Å². The van der Waals surface area contributed by atoms with Crippen LogP contribution >= 0.6 is 0 Å². The average Bonchev–Trinajstić information content (AvgIpc) is 3.03. The minimum absolute atomic E-state index is 0.139. The largest absolute Gasteiger partial charge is 0.453 e. The minimum Gasteiger partial charge on any atom is -0.453 e. The van der Waals surface area contributed by atoms with Crippen LogP contribution in [0.5, 0.6) is 0 Å². The summed E-state index contributed by atoms with van der Waals surface area (Å²) in [5, 5.41) is 2.33. The van der Waals surface area contributed by atoms with Crippen molar-refractivity contribution < 1.29 is 13.9 Å². The quantitative estimate of drug-likeness (QED) is 0.719. The van der Waals surface area contributed by atoms with E-state index in [9.17, 15) is 4.79 Å². The SMILES string of the molecule is COCc1ccc(C(=O)N(C)Cc2cccc3ccccc23)o1. The second kappa shape index (κ2) is 6.67. The Hall–Kier alpha value is -2.59. The van der Waals surface area contributed by atoms with Crippen molar-refractivity contribution >= 4 is 16.7 Å². The van der Waals surface area contributed by atoms with E-state index in [1.807, 2.05) is 24.3 Å². The third-order valence-corrected chi connectivity index (χ3v) is 3.79. The Kier molecular flexibility index (Phi) is 4.44. The number of carbonyl (C=O) groups is 1. The summed E-state index contributed by atoms with van der Waals surface area (Å²) in [6, 6.07) is 17.8. The van der Waals surface area contributed by atoms with Gasteiger partial charge in [0.25, 0.3) is 5.91 Å². The van der Waals surface area contributed by atoms with E-state index in [2.05, 4.69) is 18.2 Å². The first kappa shape index (κ1) is 15.3. The topological polar surface area (TPSA) is 42.7 Å². The molecule has 0 atom stereocenters. The molecule has 0 aliphatic heterocycles. The zero-order valence-electron chi connectivity index (χ0n) is 13.3. The van der Waals surface area contributed by atoms with Gasteiger partial charge in [-0.25, -0.2) is 0 Å². The van der Waals surface area contributed by atoms with Gasteiger partial charge in [0.05, 0.1) is 0 Å². The first-order chi connectivity index (χ1) is 11.2. The molecule has 2 aromatic carbocycles. The summed E-state index contributed by atoms with van der Waals surface area (Å²) in [7, 11) is 3.37. The number of rotatable bonds is 5. The zero-order valence-corrected chi connectivity index (χ0v) is 13.3. The number of hydrogen-bond acceptors (Lipinski definition) is 3. The van der Waals surface area contributed by atoms with Crippen molar-refractivity contribution in [3.8, 4) is 0 Å². The third-order valence-electron chi connectivity index (χ3n) is 3.79. The average molecular weight is 309 g/mol. The second-order valence-electron chi connectivity index (χ2n) is 5.50. The summed E-state index contributed by atoms with van der Waals surface area (Å²) in [6.07, 6.45) is 0. The lowest BCUT2D eigenvalue weighted by Crippen LogP contribution is -2.25. The molecule has 0 aliphatic carbocycles. The fourth-order valence-electron chi connectivity index (χ4n) is 2.66. The van der Waals surface area contributed by atoms with E-state index in [0.717, 1.165) is 10.9 Å². The highest BCUT2D eigenvalue weighted by atomic mass is 16.5. The second-order valence-corrected chi connectivity index (χ2v) is 5.50. The van der Waals surface area contributed by atoms with Gasteiger partial charge in [0.1, 0.15) is 12.4 Å². The summed E-state index contributed by atoms with van der Waals surface area (Å²) >= 11 is 0. The van der Waals surface area contributed by atoms with Crippen LogP contribution in [-0.4, -0.2) is 25.0 Å². The lowest BCUT2D eigenvalue weighted by Gasteiger charge is -2.17. The molecule has 4 heteroatoms. The van der Waals surface area contributed by atoms with Crippen molar-refractivity contribution in [1.82, 2.24) is 4.90 Å². The van der Waals surface area contributed by atoms with E-state index < -0.39 is 0 Å². The predicted molar refractivity (Wildman–Crippen MR) is 89.2 cm³/mol. The molecule has 0 fully saturated rings. The Morgan fingerprint density at radius 2 is 1.87 bits per heavy atom. The maximum atomic E-state index is 12.5. The number of furan rings is 1. The van der Waals surface area contributed by atoms with Crippen LogP contribution in [0.2, 0.25) is 0 Å². The van der Waals surface area contributed by atoms with Crippen molar-refractivity contribution in [1.29, 1.82) is 0 Å². The maximum absolute atomic E-state index is 12.5. The van der Waals surface area contributed by atoms with Gasteiger partial charge in [0, 0.05) is 20.7 Å². The fourth-order valence-corrected chi connectivity index (χ4v) is 2.66. The molecule has 0 saturated heterocycles. The van der Waals surface area contributed by atoms with Crippen LogP contribution < -0.4 is 0 Å². The molecule has 0 unspecified atom stereocenters. The molecule has 0 bridgehead atoms. The van der Waals surface area contributed by atoms with Crippen LogP contribution in [0.1, 0.15) is 21.9 Å². The number of benzene rings is 2. The molecule has 0 saturated carbocycles. The lowest BCUT2D eigenvalue weighted by molar-refractivity contribution is 0.0746. The molecule has 23 heavy (non-hydrogen) atoms. The van der Waals surface area contributed by atoms with Crippen molar-refractivity contribution in [2.75, 3.05) is 14.2 Å². The molecular formula is C19H19NO3. The molecule has 3 aromatic rings. The van der Waals surface area contributed by atoms with Crippen LogP contribution in [0.3, 0.4) is 0 Å². The number of amides is 1. The van der Waals surface area contributed by atoms with E-state index in [0.29, 0.717) is 24.7 Å². The van der Waals surface area contributed by atoms with Gasteiger partial charge < -0.3 is 14.1 Å². The zero-order chi connectivity index (χ0) is 16.2. The molecular weight excluding hydrogens is 290 g/mol. The Labute approximate surface area is 135 Å². The molecule has 118 valence electrons. The number of ether oxygens (including phenoxy) is 1. The number of fused-ring (bicyclic) bond motifs is 1. The van der Waals surface area contributed by atoms with Crippen molar-refractivity contribution in [3.05, 3.63) is 71.7 Å². The fraction of sp³-hybridized carbons (Fsp3) is 0.211. The van der Waals surface area contributed by atoms with Gasteiger partial charge in [0.15, 0.2) is 5.76 Å². The predicted octanol–water partition coefficient (Wildman–Crippen LogP) is 3.85. The molecule has 0 spiro atoms. The monoisotopic (exact) mass is 309 g/mol. The maximum Gasteiger partial charge on any atom is 0.289 e. The Morgan fingerprint density at radius 1 is 1.09 bits per heavy atom. The smallest absolute Gasteiger partial charge is 0.289 e. The minimum atomic E-state index is -0.139. The summed E-state index contributed by atoms with van der Waals surface area (Å²) in [6.45, 7) is 0.890. The molecule has 0 N–H and O–H groups in total. The van der Waals surface area contributed by atoms with Gasteiger partial charge >= 0.3 is 0 Å². The van der Waals surface area contributed by atoms with Gasteiger partial charge in [-0.3, -0.25) is 4.79 Å². The van der Waals surface area contributed by atoms with Crippen LogP contribution in [0.4, 0.5) is 0 Å². The number of carbonyl (C=O) groups excluding carboxylic acids is 1. The van der Waals surface area contributed by atoms with Gasteiger partial charge in [-0.2, -0.15) is 0 Å². The van der Waals surface area contributed by atoms with Crippen LogP contribution in [0.15, 0.2) is 59.0 Å². The standard InChI is InChI=1S/C19H19NO3/c1-20(19(21)18-11-10-16(23-18)13-22-2)12-15-8-5-7-14-6-3-4-9-17(14)15/h3-11H,12-13H2,1-2H3. The van der Waals surface area contributed by atoms with Crippen LogP contribution in [-0.2, 0) is 17.9 Å². The first-order valence-corrected chi connectivity index (χ1v) is 7.49. The van der Waals surface area contributed by atoms with Gasteiger partial charge in [0.2, 0.25) is 0 Å². The van der Waals surface area contributed by atoms with Crippen molar-refractivity contribution in [3.63, 3.8) is 0 Å². The van der Waals surface area contributed by atoms with Crippen LogP contribution in [0.25, 0.3) is 10.8 Å². The number of methoxy groups -OCH3 is 1. The van der Waals surface area contributed by atoms with Crippen molar-refractivity contribution in [2.24, 2.45) is 0 Å². The van der Waals surface area contributed by atoms with E-state index in [1.165, 1.54) is 5.39 Å². The molecule has 1 amide bonds. The van der Waals surface area contributed by atoms with E-state index in [-0.39, 0.29) is 5.91 Å². The highest BCUT2D eigenvalue weighted by molar-refractivity contribution is 5.92. The molecule has 3 rings (SSSR count). The van der Waals surface area contributed by atoms with Crippen LogP contribution in [0, 0.1) is 0 Å². The highest BCUT2D eigenvalue weighted by Gasteiger charge is 2.17. The highest BCUT2D eigenvalue weighted by Crippen LogP contribution is 2.20. The van der Waals surface area contributed by atoms with Gasteiger partial charge in [-0.05, 0) is 28.5 Å². The molecule has 1 heterocycles. The van der Waals surface area contributed by atoms with Gasteiger partial charge in [-0.1, -0.05) is 42.5 Å². The molecule has 0 radical (unpaired) electrons. The van der Waals surface area contributed by atoms with E-state index in [1.54, 1.807) is 31.2 Å². The lowest BCUT2D eigenvalue weighted by atomic mass is 10.0. The number of nitrogens with zero attached hydrogens (tertiary/aromatic N) is 1. The Balaban J connectivity index is 1.79. The molecule has 1 aromatic heterocycles.